The van der Waals surface area contributed by atoms with Crippen molar-refractivity contribution in [1.29, 1.82) is 0 Å². The molecule has 10 atom stereocenters. The Morgan fingerprint density at radius 1 is 0.644 bits per heavy atom. The molecule has 0 bridgehead atoms. The molecule has 2 heterocycles. The monoisotopic (exact) mass is 666 g/mol. The van der Waals surface area contributed by atoms with Crippen LogP contribution in [0.3, 0.4) is 0 Å². The summed E-state index contributed by atoms with van der Waals surface area (Å²) in [7, 11) is 0. The lowest BCUT2D eigenvalue weighted by atomic mass is 9.68. The third kappa shape index (κ3) is 5.25. The fourth-order valence-electron chi connectivity index (χ4n) is 12.1. The van der Waals surface area contributed by atoms with Gasteiger partial charge >= 0.3 is 0 Å². The van der Waals surface area contributed by atoms with Crippen molar-refractivity contribution in [2.24, 2.45) is 29.6 Å². The topological polar surface area (TPSA) is 6.48 Å². The number of nitrogens with zero attached hydrogens (tertiary/aromatic N) is 2. The van der Waals surface area contributed by atoms with Crippen molar-refractivity contribution in [3.05, 3.63) is 82.8 Å². The average Bonchev–Trinajstić information content (AvgIpc) is 3.61. The molecule has 9 aliphatic rings. The quantitative estimate of drug-likeness (QED) is 0.218. The van der Waals surface area contributed by atoms with E-state index in [1.807, 2.05) is 5.57 Å². The maximum absolute atomic E-state index is 4.20. The second-order valence-electron chi connectivity index (χ2n) is 16.3. The minimum absolute atomic E-state index is 0.569. The first kappa shape index (κ1) is 29.4. The summed E-state index contributed by atoms with van der Waals surface area (Å²) >= 11 is 4.20. The molecule has 0 saturated heterocycles. The smallest absolute Gasteiger partial charge is 0.0542 e. The highest BCUT2D eigenvalue weighted by atomic mass is 79.9. The van der Waals surface area contributed by atoms with Crippen LogP contribution in [0.25, 0.3) is 0 Å². The van der Waals surface area contributed by atoms with Crippen molar-refractivity contribution in [1.82, 2.24) is 9.80 Å². The highest BCUT2D eigenvalue weighted by Gasteiger charge is 2.46. The molecule has 9 rings (SSSR count). The average molecular weight is 668 g/mol. The zero-order valence-electron chi connectivity index (χ0n) is 27.5. The van der Waals surface area contributed by atoms with Gasteiger partial charge in [-0.3, -0.25) is 0 Å². The Hall–Kier alpha value is -1.74. The number of halogens is 1. The van der Waals surface area contributed by atoms with Gasteiger partial charge in [-0.2, -0.15) is 0 Å². The second-order valence-corrected chi connectivity index (χ2v) is 17.4. The Balaban J connectivity index is 0.910. The van der Waals surface area contributed by atoms with Gasteiger partial charge in [0.2, 0.25) is 0 Å². The molecule has 0 amide bonds. The summed E-state index contributed by atoms with van der Waals surface area (Å²) in [6.07, 6.45) is 47.1. The minimum Gasteiger partial charge on any atom is -0.368 e. The predicted octanol–water partition coefficient (Wildman–Crippen LogP) is 10.7. The lowest BCUT2D eigenvalue weighted by molar-refractivity contribution is 0.101. The van der Waals surface area contributed by atoms with Crippen molar-refractivity contribution in [2.75, 3.05) is 0 Å². The van der Waals surface area contributed by atoms with Crippen LogP contribution >= 0.6 is 15.9 Å². The van der Waals surface area contributed by atoms with E-state index in [-0.39, 0.29) is 0 Å². The van der Waals surface area contributed by atoms with Gasteiger partial charge in [-0.15, -0.1) is 0 Å². The van der Waals surface area contributed by atoms with Gasteiger partial charge in [0.25, 0.3) is 0 Å². The molecule has 2 fully saturated rings. The Kier molecular flexibility index (Phi) is 8.08. The van der Waals surface area contributed by atoms with Crippen molar-refractivity contribution >= 4 is 15.9 Å². The molecule has 45 heavy (non-hydrogen) atoms. The van der Waals surface area contributed by atoms with Gasteiger partial charge in [0.05, 0.1) is 6.04 Å². The van der Waals surface area contributed by atoms with Crippen LogP contribution in [0.2, 0.25) is 0 Å². The maximum Gasteiger partial charge on any atom is 0.0542 e. The fraction of sp³-hybridized carbons (Fsp3) is 0.667. The molecule has 0 aromatic heterocycles. The highest BCUT2D eigenvalue weighted by molar-refractivity contribution is 9.09. The standard InChI is InChI=1S/C42H55BrN2/c43-32-24-30(28-11-9-13-33(26-28)44-39-19-5-1-15-35(39)36-16-2-6-20-40(36)44)23-31(25-32)29-12-10-14-34(27-29)45-41-21-7-3-17-37(41)38-18-4-8-22-42(38)45/h1-3,8,15-17,22,24,28-29,31-35,38-39,42H,4-7,9-14,18-21,23,25-27H2. The van der Waals surface area contributed by atoms with E-state index in [0.717, 1.165) is 41.8 Å². The normalized spacial score (nSPS) is 42.5. The number of rotatable bonds is 4. The summed E-state index contributed by atoms with van der Waals surface area (Å²) in [6, 6.07) is 2.86. The van der Waals surface area contributed by atoms with Gasteiger partial charge in [0.1, 0.15) is 0 Å². The van der Waals surface area contributed by atoms with Gasteiger partial charge in [0, 0.05) is 46.2 Å². The molecule has 7 aliphatic carbocycles. The van der Waals surface area contributed by atoms with E-state index in [2.05, 4.69) is 80.4 Å². The molecule has 2 aliphatic heterocycles. The van der Waals surface area contributed by atoms with Crippen molar-refractivity contribution in [3.8, 4) is 0 Å². The van der Waals surface area contributed by atoms with Crippen LogP contribution in [0, 0.1) is 29.6 Å². The third-order valence-corrected chi connectivity index (χ3v) is 14.6. The Labute approximate surface area is 281 Å². The third-order valence-electron chi connectivity index (χ3n) is 13.9. The van der Waals surface area contributed by atoms with Crippen LogP contribution in [-0.2, 0) is 0 Å². The molecule has 0 aromatic carbocycles. The largest absolute Gasteiger partial charge is 0.368 e. The molecule has 0 aromatic rings. The van der Waals surface area contributed by atoms with E-state index in [9.17, 15) is 0 Å². The molecule has 0 spiro atoms. The molecule has 2 saturated carbocycles. The summed E-state index contributed by atoms with van der Waals surface area (Å²) in [4.78, 5) is 6.58. The first-order valence-corrected chi connectivity index (χ1v) is 20.2. The maximum atomic E-state index is 4.20. The van der Waals surface area contributed by atoms with Gasteiger partial charge in [-0.1, -0.05) is 95.4 Å². The summed E-state index contributed by atoms with van der Waals surface area (Å²) in [5, 5.41) is 0. The SMILES string of the molecule is BrC1C=C(C2CCCC(N3C4=C(C=CCC4)C4C=CCCC43)C2)CC(C2CCCC(N3C4=C(C=CCC4)C4CCC=CC43)C2)C1. The summed E-state index contributed by atoms with van der Waals surface area (Å²) in [5.74, 6) is 3.94. The van der Waals surface area contributed by atoms with Crippen LogP contribution in [0.4, 0.5) is 0 Å². The molecular formula is C42H55BrN2. The molecule has 10 unspecified atom stereocenters. The van der Waals surface area contributed by atoms with Crippen LogP contribution < -0.4 is 0 Å². The Bertz CT molecular complexity index is 1370. The van der Waals surface area contributed by atoms with Gasteiger partial charge in [0.15, 0.2) is 0 Å². The first-order valence-electron chi connectivity index (χ1n) is 19.3. The van der Waals surface area contributed by atoms with Gasteiger partial charge in [-0.25, -0.2) is 0 Å². The van der Waals surface area contributed by atoms with Crippen LogP contribution in [0.1, 0.15) is 116 Å². The fourth-order valence-corrected chi connectivity index (χ4v) is 12.9. The molecular weight excluding hydrogens is 612 g/mol. The minimum atomic E-state index is 0.569. The summed E-state index contributed by atoms with van der Waals surface area (Å²) in [5.41, 5.74) is 8.71. The van der Waals surface area contributed by atoms with Crippen molar-refractivity contribution < 1.29 is 0 Å². The predicted molar refractivity (Wildman–Crippen MR) is 191 cm³/mol. The van der Waals surface area contributed by atoms with E-state index >= 15 is 0 Å². The summed E-state index contributed by atoms with van der Waals surface area (Å²) < 4.78 is 0. The number of alkyl halides is 1. The highest BCUT2D eigenvalue weighted by Crippen LogP contribution is 2.52. The number of fused-ring (bicyclic) bond motifs is 4. The zero-order chi connectivity index (χ0) is 29.9. The Morgan fingerprint density at radius 2 is 1.40 bits per heavy atom. The lowest BCUT2D eigenvalue weighted by Gasteiger charge is -2.46. The van der Waals surface area contributed by atoms with E-state index in [1.165, 1.54) is 116 Å². The number of allylic oxidation sites excluding steroid dienone is 10. The molecule has 0 N–H and O–H groups in total. The van der Waals surface area contributed by atoms with Crippen LogP contribution in [-0.4, -0.2) is 38.8 Å². The van der Waals surface area contributed by atoms with Crippen molar-refractivity contribution in [3.63, 3.8) is 0 Å². The van der Waals surface area contributed by atoms with E-state index in [0.29, 0.717) is 16.8 Å². The number of hydrogen-bond acceptors (Lipinski definition) is 2. The van der Waals surface area contributed by atoms with E-state index in [1.54, 1.807) is 22.5 Å². The first-order chi connectivity index (χ1) is 22.2. The summed E-state index contributed by atoms with van der Waals surface area (Å²) in [6.45, 7) is 0. The van der Waals surface area contributed by atoms with E-state index < -0.39 is 0 Å². The number of hydrogen-bond donors (Lipinski definition) is 0. The lowest BCUT2D eigenvalue weighted by Crippen LogP contribution is -2.45. The van der Waals surface area contributed by atoms with Crippen LogP contribution in [0.15, 0.2) is 82.8 Å². The van der Waals surface area contributed by atoms with E-state index in [4.69, 9.17) is 0 Å². The zero-order valence-corrected chi connectivity index (χ0v) is 29.1. The second kappa shape index (κ2) is 12.4. The Morgan fingerprint density at radius 3 is 2.29 bits per heavy atom. The van der Waals surface area contributed by atoms with Crippen LogP contribution in [0.5, 0.6) is 0 Å². The van der Waals surface area contributed by atoms with Crippen molar-refractivity contribution in [2.45, 2.75) is 145 Å². The molecule has 240 valence electrons. The van der Waals surface area contributed by atoms with Gasteiger partial charge < -0.3 is 9.80 Å². The molecule has 0 radical (unpaired) electrons. The molecule has 2 nitrogen and oxygen atoms in total. The van der Waals surface area contributed by atoms with Gasteiger partial charge in [-0.05, 0) is 125 Å². The molecule has 3 heteroatoms.